The zero-order chi connectivity index (χ0) is 13.2. The Kier molecular flexibility index (Phi) is 7.42. The molecule has 1 aromatic carbocycles. The molecule has 0 heterocycles. The SMILES string of the molecule is COCCCOCCNc1cc(Br)ccc1C#N. The summed E-state index contributed by atoms with van der Waals surface area (Å²) in [6, 6.07) is 7.68. The highest BCUT2D eigenvalue weighted by Crippen LogP contribution is 2.20. The van der Waals surface area contributed by atoms with Crippen LogP contribution in [-0.2, 0) is 9.47 Å². The molecule has 98 valence electrons. The average Bonchev–Trinajstić information content (AvgIpc) is 2.38. The zero-order valence-electron chi connectivity index (χ0n) is 10.4. The molecule has 0 saturated heterocycles. The number of benzene rings is 1. The molecule has 0 aromatic heterocycles. The predicted octanol–water partition coefficient (Wildman–Crippen LogP) is 2.79. The molecular formula is C13H17BrN2O2. The summed E-state index contributed by atoms with van der Waals surface area (Å²) in [7, 11) is 1.68. The summed E-state index contributed by atoms with van der Waals surface area (Å²) in [6.45, 7) is 2.70. The van der Waals surface area contributed by atoms with E-state index in [-0.39, 0.29) is 0 Å². The van der Waals surface area contributed by atoms with Gasteiger partial charge in [-0.3, -0.25) is 0 Å². The Morgan fingerprint density at radius 2 is 2.17 bits per heavy atom. The van der Waals surface area contributed by atoms with Crippen LogP contribution in [0.5, 0.6) is 0 Å². The normalized spacial score (nSPS) is 10.1. The van der Waals surface area contributed by atoms with Gasteiger partial charge in [0.05, 0.1) is 17.9 Å². The molecule has 0 aliphatic rings. The average molecular weight is 313 g/mol. The van der Waals surface area contributed by atoms with E-state index in [9.17, 15) is 0 Å². The van der Waals surface area contributed by atoms with Gasteiger partial charge >= 0.3 is 0 Å². The third-order valence-electron chi connectivity index (χ3n) is 2.30. The largest absolute Gasteiger partial charge is 0.385 e. The highest BCUT2D eigenvalue weighted by Gasteiger charge is 2.01. The number of rotatable bonds is 8. The van der Waals surface area contributed by atoms with Gasteiger partial charge < -0.3 is 14.8 Å². The van der Waals surface area contributed by atoms with E-state index in [4.69, 9.17) is 14.7 Å². The molecule has 1 N–H and O–H groups in total. The van der Waals surface area contributed by atoms with Crippen molar-refractivity contribution in [1.82, 2.24) is 0 Å². The molecule has 4 nitrogen and oxygen atoms in total. The molecule has 0 aliphatic heterocycles. The maximum Gasteiger partial charge on any atom is 0.101 e. The molecule has 0 bridgehead atoms. The van der Waals surface area contributed by atoms with E-state index in [0.29, 0.717) is 25.3 Å². The van der Waals surface area contributed by atoms with Gasteiger partial charge in [0.15, 0.2) is 0 Å². The lowest BCUT2D eigenvalue weighted by molar-refractivity contribution is 0.109. The van der Waals surface area contributed by atoms with Gasteiger partial charge in [-0.25, -0.2) is 0 Å². The minimum absolute atomic E-state index is 0.612. The van der Waals surface area contributed by atoms with Gasteiger partial charge in [0.2, 0.25) is 0 Å². The van der Waals surface area contributed by atoms with Crippen LogP contribution in [0.15, 0.2) is 22.7 Å². The summed E-state index contributed by atoms with van der Waals surface area (Å²) >= 11 is 3.38. The maximum absolute atomic E-state index is 8.96. The van der Waals surface area contributed by atoms with Gasteiger partial charge in [-0.15, -0.1) is 0 Å². The Balaban J connectivity index is 2.27. The summed E-state index contributed by atoms with van der Waals surface area (Å²) < 4.78 is 11.3. The molecular weight excluding hydrogens is 296 g/mol. The highest BCUT2D eigenvalue weighted by atomic mass is 79.9. The number of nitriles is 1. The Morgan fingerprint density at radius 3 is 2.89 bits per heavy atom. The number of anilines is 1. The van der Waals surface area contributed by atoms with Crippen LogP contribution in [0.2, 0.25) is 0 Å². The summed E-state index contributed by atoms with van der Waals surface area (Å²) in [5.41, 5.74) is 1.46. The molecule has 18 heavy (non-hydrogen) atoms. The van der Waals surface area contributed by atoms with E-state index in [1.807, 2.05) is 12.1 Å². The molecule has 0 fully saturated rings. The molecule has 0 aliphatic carbocycles. The highest BCUT2D eigenvalue weighted by molar-refractivity contribution is 9.10. The third kappa shape index (κ3) is 5.50. The van der Waals surface area contributed by atoms with Crippen LogP contribution in [0, 0.1) is 11.3 Å². The molecule has 0 amide bonds. The van der Waals surface area contributed by atoms with Crippen LogP contribution in [-0.4, -0.2) is 33.5 Å². The number of methoxy groups -OCH3 is 1. The number of hydrogen-bond acceptors (Lipinski definition) is 4. The third-order valence-corrected chi connectivity index (χ3v) is 2.79. The van der Waals surface area contributed by atoms with Crippen LogP contribution in [0.25, 0.3) is 0 Å². The van der Waals surface area contributed by atoms with E-state index >= 15 is 0 Å². The smallest absolute Gasteiger partial charge is 0.101 e. The first-order valence-electron chi connectivity index (χ1n) is 5.78. The van der Waals surface area contributed by atoms with Crippen LogP contribution < -0.4 is 5.32 Å². The number of nitrogens with zero attached hydrogens (tertiary/aromatic N) is 1. The van der Waals surface area contributed by atoms with Crippen molar-refractivity contribution in [3.63, 3.8) is 0 Å². The maximum atomic E-state index is 8.96. The summed E-state index contributed by atoms with van der Waals surface area (Å²) in [5.74, 6) is 0. The van der Waals surface area contributed by atoms with Gasteiger partial charge in [0, 0.05) is 31.3 Å². The molecule has 0 saturated carbocycles. The molecule has 0 radical (unpaired) electrons. The summed E-state index contributed by atoms with van der Waals surface area (Å²) in [5, 5.41) is 12.1. The Morgan fingerprint density at radius 1 is 1.33 bits per heavy atom. The van der Waals surface area contributed by atoms with E-state index in [1.54, 1.807) is 13.2 Å². The van der Waals surface area contributed by atoms with Gasteiger partial charge in [0.1, 0.15) is 6.07 Å². The monoisotopic (exact) mass is 312 g/mol. The van der Waals surface area contributed by atoms with Crippen molar-refractivity contribution in [3.8, 4) is 6.07 Å². The summed E-state index contributed by atoms with van der Waals surface area (Å²) in [4.78, 5) is 0. The van der Waals surface area contributed by atoms with Gasteiger partial charge in [0.25, 0.3) is 0 Å². The first-order chi connectivity index (χ1) is 8.77. The van der Waals surface area contributed by atoms with Crippen molar-refractivity contribution in [2.45, 2.75) is 6.42 Å². The predicted molar refractivity (Wildman–Crippen MR) is 74.7 cm³/mol. The lowest BCUT2D eigenvalue weighted by Gasteiger charge is -2.09. The van der Waals surface area contributed by atoms with E-state index in [2.05, 4.69) is 27.3 Å². The molecule has 5 heteroatoms. The van der Waals surface area contributed by atoms with E-state index in [0.717, 1.165) is 23.2 Å². The van der Waals surface area contributed by atoms with Crippen molar-refractivity contribution in [2.24, 2.45) is 0 Å². The van der Waals surface area contributed by atoms with Crippen LogP contribution >= 0.6 is 15.9 Å². The van der Waals surface area contributed by atoms with Gasteiger partial charge in [-0.1, -0.05) is 15.9 Å². The van der Waals surface area contributed by atoms with Crippen LogP contribution in [0.3, 0.4) is 0 Å². The molecule has 0 spiro atoms. The van der Waals surface area contributed by atoms with Crippen molar-refractivity contribution in [3.05, 3.63) is 28.2 Å². The second-order valence-electron chi connectivity index (χ2n) is 3.69. The second-order valence-corrected chi connectivity index (χ2v) is 4.60. The van der Waals surface area contributed by atoms with E-state index in [1.165, 1.54) is 0 Å². The van der Waals surface area contributed by atoms with Gasteiger partial charge in [-0.2, -0.15) is 5.26 Å². The van der Waals surface area contributed by atoms with Crippen molar-refractivity contribution in [2.75, 3.05) is 38.8 Å². The minimum atomic E-state index is 0.612. The Hall–Kier alpha value is -1.09. The van der Waals surface area contributed by atoms with E-state index < -0.39 is 0 Å². The first kappa shape index (κ1) is 15.0. The van der Waals surface area contributed by atoms with Crippen molar-refractivity contribution < 1.29 is 9.47 Å². The Labute approximate surface area is 116 Å². The number of ether oxygens (including phenoxy) is 2. The fourth-order valence-electron chi connectivity index (χ4n) is 1.43. The molecule has 0 atom stereocenters. The topological polar surface area (TPSA) is 54.3 Å². The first-order valence-corrected chi connectivity index (χ1v) is 6.57. The molecule has 0 unspecified atom stereocenters. The summed E-state index contributed by atoms with van der Waals surface area (Å²) in [6.07, 6.45) is 0.900. The van der Waals surface area contributed by atoms with Crippen molar-refractivity contribution in [1.29, 1.82) is 5.26 Å². The quantitative estimate of drug-likeness (QED) is 0.750. The lowest BCUT2D eigenvalue weighted by Crippen LogP contribution is -2.11. The second kappa shape index (κ2) is 8.92. The minimum Gasteiger partial charge on any atom is -0.385 e. The van der Waals surface area contributed by atoms with Gasteiger partial charge in [-0.05, 0) is 24.6 Å². The lowest BCUT2D eigenvalue weighted by atomic mass is 10.2. The number of nitrogens with one attached hydrogen (secondary N) is 1. The van der Waals surface area contributed by atoms with Crippen LogP contribution in [0.1, 0.15) is 12.0 Å². The molecule has 1 aromatic rings. The standard InChI is InChI=1S/C13H17BrN2O2/c1-17-6-2-7-18-8-5-16-13-9-12(14)4-3-11(13)10-15/h3-4,9,16H,2,5-8H2,1H3. The van der Waals surface area contributed by atoms with Crippen LogP contribution in [0.4, 0.5) is 5.69 Å². The van der Waals surface area contributed by atoms with Crippen molar-refractivity contribution >= 4 is 21.6 Å². The zero-order valence-corrected chi connectivity index (χ0v) is 12.0. The fraction of sp³-hybridized carbons (Fsp3) is 0.462. The number of halogens is 1. The number of hydrogen-bond donors (Lipinski definition) is 1. The fourth-order valence-corrected chi connectivity index (χ4v) is 1.79. The Bertz CT molecular complexity index is 404. The molecule has 1 rings (SSSR count).